The Morgan fingerprint density at radius 2 is 2.12 bits per heavy atom. The lowest BCUT2D eigenvalue weighted by molar-refractivity contribution is 0.542. The minimum atomic E-state index is 0.379. The smallest absolute Gasteiger partial charge is 0.0357 e. The van der Waals surface area contributed by atoms with Crippen LogP contribution in [0.2, 0.25) is 0 Å². The number of halogens is 1. The Balaban J connectivity index is 2.88. The van der Waals surface area contributed by atoms with Crippen molar-refractivity contribution in [2.45, 2.75) is 39.7 Å². The fourth-order valence-corrected chi connectivity index (χ4v) is 2.21. The molecule has 0 aliphatic rings. The number of rotatable bonds is 6. The van der Waals surface area contributed by atoms with E-state index in [-0.39, 0.29) is 0 Å². The lowest BCUT2D eigenvalue weighted by Crippen LogP contribution is -2.21. The minimum Gasteiger partial charge on any atom is -0.310 e. The molecule has 1 rings (SSSR count). The summed E-state index contributed by atoms with van der Waals surface area (Å²) in [5.74, 6) is 0. The van der Waals surface area contributed by atoms with E-state index < -0.39 is 0 Å². The number of aryl methyl sites for hydroxylation is 1. The predicted octanol–water partition coefficient (Wildman–Crippen LogP) is 4.76. The summed E-state index contributed by atoms with van der Waals surface area (Å²) in [4.78, 5) is 0. The Morgan fingerprint density at radius 3 is 2.65 bits per heavy atom. The standard InChI is InChI=1S/C15H22BrN/c1-5-11(3)9-15(17-6-2)13-8-7-12(4)14(16)10-13/h7-8,10,15,17H,3,5-6,9H2,1-2,4H3. The maximum atomic E-state index is 4.11. The largest absolute Gasteiger partial charge is 0.310 e. The number of benzene rings is 1. The van der Waals surface area contributed by atoms with Crippen molar-refractivity contribution in [3.8, 4) is 0 Å². The summed E-state index contributed by atoms with van der Waals surface area (Å²) in [6, 6.07) is 6.96. The predicted molar refractivity (Wildman–Crippen MR) is 79.3 cm³/mol. The number of nitrogens with one attached hydrogen (secondary N) is 1. The third-order valence-electron chi connectivity index (χ3n) is 3.04. The van der Waals surface area contributed by atoms with Gasteiger partial charge in [-0.3, -0.25) is 0 Å². The summed E-state index contributed by atoms with van der Waals surface area (Å²) in [5.41, 5.74) is 3.91. The van der Waals surface area contributed by atoms with Crippen LogP contribution < -0.4 is 5.32 Å². The van der Waals surface area contributed by atoms with Crippen molar-refractivity contribution < 1.29 is 0 Å². The van der Waals surface area contributed by atoms with Gasteiger partial charge in [-0.05, 0) is 43.5 Å². The summed E-state index contributed by atoms with van der Waals surface area (Å²) in [6.45, 7) is 11.5. The van der Waals surface area contributed by atoms with Crippen molar-refractivity contribution in [1.29, 1.82) is 0 Å². The Bertz CT molecular complexity index is 385. The quantitative estimate of drug-likeness (QED) is 0.746. The summed E-state index contributed by atoms with van der Waals surface area (Å²) in [5, 5.41) is 3.53. The molecular formula is C15H22BrN. The SMILES string of the molecule is C=C(CC)CC(NCC)c1ccc(C)c(Br)c1. The van der Waals surface area contributed by atoms with Crippen molar-refractivity contribution >= 4 is 15.9 Å². The fourth-order valence-electron chi connectivity index (χ4n) is 1.81. The molecule has 1 N–H and O–H groups in total. The molecule has 1 atom stereocenters. The third-order valence-corrected chi connectivity index (χ3v) is 3.90. The van der Waals surface area contributed by atoms with Crippen LogP contribution in [0.25, 0.3) is 0 Å². The van der Waals surface area contributed by atoms with Crippen LogP contribution in [0.4, 0.5) is 0 Å². The first kappa shape index (κ1) is 14.5. The van der Waals surface area contributed by atoms with Crippen LogP contribution in [0.15, 0.2) is 34.8 Å². The molecule has 0 spiro atoms. The van der Waals surface area contributed by atoms with Gasteiger partial charge in [0.2, 0.25) is 0 Å². The van der Waals surface area contributed by atoms with Gasteiger partial charge in [0.1, 0.15) is 0 Å². The highest BCUT2D eigenvalue weighted by molar-refractivity contribution is 9.10. The molecule has 0 aliphatic carbocycles. The molecule has 0 aromatic heterocycles. The molecule has 1 unspecified atom stereocenters. The first-order chi connectivity index (χ1) is 8.08. The topological polar surface area (TPSA) is 12.0 Å². The molecule has 1 aromatic rings. The zero-order valence-corrected chi connectivity index (χ0v) is 12.6. The van der Waals surface area contributed by atoms with Crippen molar-refractivity contribution in [2.75, 3.05) is 6.54 Å². The van der Waals surface area contributed by atoms with E-state index in [0.29, 0.717) is 6.04 Å². The maximum Gasteiger partial charge on any atom is 0.0357 e. The van der Waals surface area contributed by atoms with Gasteiger partial charge in [-0.15, -0.1) is 0 Å². The molecule has 0 fully saturated rings. The van der Waals surface area contributed by atoms with E-state index in [4.69, 9.17) is 0 Å². The highest BCUT2D eigenvalue weighted by Crippen LogP contribution is 2.26. The van der Waals surface area contributed by atoms with E-state index >= 15 is 0 Å². The van der Waals surface area contributed by atoms with Crippen molar-refractivity contribution in [3.63, 3.8) is 0 Å². The number of hydrogen-bond donors (Lipinski definition) is 1. The van der Waals surface area contributed by atoms with Crippen molar-refractivity contribution in [3.05, 3.63) is 46.0 Å². The summed E-state index contributed by atoms with van der Waals surface area (Å²) >= 11 is 3.60. The van der Waals surface area contributed by atoms with Gasteiger partial charge in [0.15, 0.2) is 0 Å². The van der Waals surface area contributed by atoms with E-state index in [1.807, 2.05) is 0 Å². The molecule has 0 saturated heterocycles. The minimum absolute atomic E-state index is 0.379. The van der Waals surface area contributed by atoms with Crippen LogP contribution in [0.1, 0.15) is 43.9 Å². The van der Waals surface area contributed by atoms with Crippen LogP contribution in [0, 0.1) is 6.92 Å². The van der Waals surface area contributed by atoms with Crippen LogP contribution >= 0.6 is 15.9 Å². The first-order valence-electron chi connectivity index (χ1n) is 6.24. The Kier molecular flexibility index (Phi) is 5.93. The molecule has 0 radical (unpaired) electrons. The van der Waals surface area contributed by atoms with Crippen LogP contribution in [0.5, 0.6) is 0 Å². The second-order valence-corrected chi connectivity index (χ2v) is 5.28. The molecule has 94 valence electrons. The Labute approximate surface area is 113 Å². The van der Waals surface area contributed by atoms with E-state index in [0.717, 1.165) is 19.4 Å². The Hall–Kier alpha value is -0.600. The molecule has 2 heteroatoms. The van der Waals surface area contributed by atoms with Gasteiger partial charge in [-0.25, -0.2) is 0 Å². The second-order valence-electron chi connectivity index (χ2n) is 4.43. The Morgan fingerprint density at radius 1 is 1.41 bits per heavy atom. The maximum absolute atomic E-state index is 4.11. The molecule has 1 nitrogen and oxygen atoms in total. The normalized spacial score (nSPS) is 12.5. The van der Waals surface area contributed by atoms with Gasteiger partial charge < -0.3 is 5.32 Å². The van der Waals surface area contributed by atoms with Gasteiger partial charge in [0.25, 0.3) is 0 Å². The van der Waals surface area contributed by atoms with E-state index in [1.165, 1.54) is 21.2 Å². The molecular weight excluding hydrogens is 274 g/mol. The average Bonchev–Trinajstić information content (AvgIpc) is 2.32. The molecule has 0 saturated carbocycles. The van der Waals surface area contributed by atoms with Crippen molar-refractivity contribution in [2.24, 2.45) is 0 Å². The van der Waals surface area contributed by atoms with Crippen LogP contribution in [-0.2, 0) is 0 Å². The van der Waals surface area contributed by atoms with Gasteiger partial charge in [0.05, 0.1) is 0 Å². The zero-order valence-electron chi connectivity index (χ0n) is 11.0. The lowest BCUT2D eigenvalue weighted by Gasteiger charge is -2.20. The lowest BCUT2D eigenvalue weighted by atomic mass is 9.97. The summed E-state index contributed by atoms with van der Waals surface area (Å²) in [6.07, 6.45) is 2.06. The van der Waals surface area contributed by atoms with Crippen LogP contribution in [0.3, 0.4) is 0 Å². The molecule has 0 heterocycles. The zero-order chi connectivity index (χ0) is 12.8. The fraction of sp³-hybridized carbons (Fsp3) is 0.467. The molecule has 0 bridgehead atoms. The average molecular weight is 296 g/mol. The summed E-state index contributed by atoms with van der Waals surface area (Å²) in [7, 11) is 0. The third kappa shape index (κ3) is 4.29. The summed E-state index contributed by atoms with van der Waals surface area (Å²) < 4.78 is 1.18. The molecule has 17 heavy (non-hydrogen) atoms. The highest BCUT2D eigenvalue weighted by Gasteiger charge is 2.12. The molecule has 1 aromatic carbocycles. The van der Waals surface area contributed by atoms with Crippen LogP contribution in [-0.4, -0.2) is 6.54 Å². The monoisotopic (exact) mass is 295 g/mol. The van der Waals surface area contributed by atoms with Gasteiger partial charge >= 0.3 is 0 Å². The first-order valence-corrected chi connectivity index (χ1v) is 7.03. The van der Waals surface area contributed by atoms with Gasteiger partial charge in [-0.2, -0.15) is 0 Å². The van der Waals surface area contributed by atoms with E-state index in [1.54, 1.807) is 0 Å². The van der Waals surface area contributed by atoms with E-state index in [9.17, 15) is 0 Å². The highest BCUT2D eigenvalue weighted by atomic mass is 79.9. The van der Waals surface area contributed by atoms with E-state index in [2.05, 4.69) is 66.8 Å². The molecule has 0 aliphatic heterocycles. The van der Waals surface area contributed by atoms with Gasteiger partial charge in [0, 0.05) is 10.5 Å². The number of hydrogen-bond acceptors (Lipinski definition) is 1. The molecule has 0 amide bonds. The second kappa shape index (κ2) is 6.97. The van der Waals surface area contributed by atoms with Gasteiger partial charge in [-0.1, -0.05) is 54.1 Å². The van der Waals surface area contributed by atoms with Crippen molar-refractivity contribution in [1.82, 2.24) is 5.32 Å².